The predicted octanol–water partition coefficient (Wildman–Crippen LogP) is 1.01. The standard InChI is InChI=1S/C12H17N3O4/c1-2-13-8-9(15(18)19)7-11(13)12(17)14-5-3-10(16)4-6-14/h7-8,10,16H,2-6H2,1H3. The molecule has 2 rings (SSSR count). The van der Waals surface area contributed by atoms with Gasteiger partial charge in [0.05, 0.1) is 17.2 Å². The SMILES string of the molecule is CCn1cc([N+](=O)[O-])cc1C(=O)N1CCC(O)CC1. The summed E-state index contributed by atoms with van der Waals surface area (Å²) in [7, 11) is 0. The van der Waals surface area contributed by atoms with Gasteiger partial charge >= 0.3 is 0 Å². The van der Waals surface area contributed by atoms with E-state index in [-0.39, 0.29) is 17.7 Å². The lowest BCUT2D eigenvalue weighted by Crippen LogP contribution is -2.40. The third-order valence-electron chi connectivity index (χ3n) is 3.40. The number of nitrogens with zero attached hydrogens (tertiary/aromatic N) is 3. The van der Waals surface area contributed by atoms with Crippen molar-refractivity contribution in [2.45, 2.75) is 32.4 Å². The minimum absolute atomic E-state index is 0.0674. The summed E-state index contributed by atoms with van der Waals surface area (Å²) in [5, 5.41) is 20.2. The molecule has 1 aliphatic heterocycles. The van der Waals surface area contributed by atoms with Gasteiger partial charge in [0.15, 0.2) is 0 Å². The Labute approximate surface area is 110 Å². The minimum Gasteiger partial charge on any atom is -0.393 e. The molecule has 0 aliphatic carbocycles. The molecular weight excluding hydrogens is 250 g/mol. The quantitative estimate of drug-likeness (QED) is 0.654. The Morgan fingerprint density at radius 2 is 2.16 bits per heavy atom. The summed E-state index contributed by atoms with van der Waals surface area (Å²) in [6.45, 7) is 3.32. The summed E-state index contributed by atoms with van der Waals surface area (Å²) >= 11 is 0. The lowest BCUT2D eigenvalue weighted by molar-refractivity contribution is -0.384. The highest BCUT2D eigenvalue weighted by Crippen LogP contribution is 2.20. The molecule has 1 N–H and O–H groups in total. The zero-order valence-corrected chi connectivity index (χ0v) is 10.8. The highest BCUT2D eigenvalue weighted by atomic mass is 16.6. The number of amides is 1. The first-order chi connectivity index (χ1) is 9.02. The van der Waals surface area contributed by atoms with E-state index >= 15 is 0 Å². The molecule has 1 aliphatic rings. The molecule has 19 heavy (non-hydrogen) atoms. The van der Waals surface area contributed by atoms with Gasteiger partial charge in [0.1, 0.15) is 5.69 Å². The molecule has 0 atom stereocenters. The molecule has 2 heterocycles. The van der Waals surface area contributed by atoms with Crippen LogP contribution in [0.2, 0.25) is 0 Å². The molecule has 1 aromatic rings. The number of carbonyl (C=O) groups is 1. The van der Waals surface area contributed by atoms with E-state index in [1.54, 1.807) is 9.47 Å². The van der Waals surface area contributed by atoms with Crippen molar-refractivity contribution in [1.82, 2.24) is 9.47 Å². The first-order valence-electron chi connectivity index (χ1n) is 6.34. The van der Waals surface area contributed by atoms with Crippen molar-refractivity contribution in [1.29, 1.82) is 0 Å². The van der Waals surface area contributed by atoms with Gasteiger partial charge in [0, 0.05) is 25.7 Å². The second-order valence-electron chi connectivity index (χ2n) is 4.65. The van der Waals surface area contributed by atoms with E-state index < -0.39 is 4.92 Å². The Hall–Kier alpha value is -1.89. The maximum Gasteiger partial charge on any atom is 0.287 e. The van der Waals surface area contributed by atoms with E-state index in [2.05, 4.69) is 0 Å². The van der Waals surface area contributed by atoms with Crippen molar-refractivity contribution in [2.24, 2.45) is 0 Å². The summed E-state index contributed by atoms with van der Waals surface area (Å²) in [5.41, 5.74) is 0.271. The molecule has 0 aromatic carbocycles. The summed E-state index contributed by atoms with van der Waals surface area (Å²) in [4.78, 5) is 24.2. The van der Waals surface area contributed by atoms with Gasteiger partial charge in [0.25, 0.3) is 11.6 Å². The van der Waals surface area contributed by atoms with Crippen LogP contribution in [0, 0.1) is 10.1 Å². The molecule has 0 bridgehead atoms. The number of carbonyl (C=O) groups excluding carboxylic acids is 1. The van der Waals surface area contributed by atoms with Crippen LogP contribution in [0.5, 0.6) is 0 Å². The lowest BCUT2D eigenvalue weighted by Gasteiger charge is -2.29. The van der Waals surface area contributed by atoms with Crippen LogP contribution in [0.15, 0.2) is 12.3 Å². The van der Waals surface area contributed by atoms with Crippen molar-refractivity contribution in [3.8, 4) is 0 Å². The summed E-state index contributed by atoms with van der Waals surface area (Å²) < 4.78 is 1.59. The van der Waals surface area contributed by atoms with E-state index in [0.717, 1.165) is 0 Å². The molecule has 7 nitrogen and oxygen atoms in total. The maximum absolute atomic E-state index is 12.3. The highest BCUT2D eigenvalue weighted by molar-refractivity contribution is 5.93. The normalized spacial score (nSPS) is 16.6. The molecule has 1 amide bonds. The lowest BCUT2D eigenvalue weighted by atomic mass is 10.1. The fourth-order valence-electron chi connectivity index (χ4n) is 2.27. The van der Waals surface area contributed by atoms with Crippen LogP contribution < -0.4 is 0 Å². The number of aliphatic hydroxyl groups is 1. The second-order valence-corrected chi connectivity index (χ2v) is 4.65. The highest BCUT2D eigenvalue weighted by Gasteiger charge is 2.26. The third kappa shape index (κ3) is 2.76. The van der Waals surface area contributed by atoms with Gasteiger partial charge in [-0.25, -0.2) is 0 Å². The van der Waals surface area contributed by atoms with Gasteiger partial charge in [0.2, 0.25) is 0 Å². The fourth-order valence-corrected chi connectivity index (χ4v) is 2.27. The molecule has 0 unspecified atom stereocenters. The number of aliphatic hydroxyl groups excluding tert-OH is 1. The maximum atomic E-state index is 12.3. The van der Waals surface area contributed by atoms with Crippen LogP contribution >= 0.6 is 0 Å². The molecule has 1 fully saturated rings. The average molecular weight is 267 g/mol. The Morgan fingerprint density at radius 3 is 2.68 bits per heavy atom. The van der Waals surface area contributed by atoms with Crippen molar-refractivity contribution in [2.75, 3.05) is 13.1 Å². The fraction of sp³-hybridized carbons (Fsp3) is 0.583. The Morgan fingerprint density at radius 1 is 1.53 bits per heavy atom. The summed E-state index contributed by atoms with van der Waals surface area (Å²) in [6.07, 6.45) is 2.14. The smallest absolute Gasteiger partial charge is 0.287 e. The first kappa shape index (κ1) is 13.5. The molecule has 0 spiro atoms. The van der Waals surface area contributed by atoms with Gasteiger partial charge < -0.3 is 14.6 Å². The molecule has 0 saturated carbocycles. The number of aryl methyl sites for hydroxylation is 1. The van der Waals surface area contributed by atoms with Crippen molar-refractivity contribution < 1.29 is 14.8 Å². The topological polar surface area (TPSA) is 88.6 Å². The molecule has 104 valence electrons. The number of likely N-dealkylation sites (tertiary alicyclic amines) is 1. The summed E-state index contributed by atoms with van der Waals surface area (Å²) in [6, 6.07) is 1.32. The van der Waals surface area contributed by atoms with E-state index in [9.17, 15) is 20.0 Å². The molecular formula is C12H17N3O4. The van der Waals surface area contributed by atoms with Crippen LogP contribution in [0.25, 0.3) is 0 Å². The van der Waals surface area contributed by atoms with Crippen molar-refractivity contribution >= 4 is 11.6 Å². The van der Waals surface area contributed by atoms with E-state index in [1.165, 1.54) is 12.3 Å². The van der Waals surface area contributed by atoms with E-state index in [1.807, 2.05) is 6.92 Å². The number of rotatable bonds is 3. The Kier molecular flexibility index (Phi) is 3.84. The van der Waals surface area contributed by atoms with Gasteiger partial charge in [-0.3, -0.25) is 14.9 Å². The first-order valence-corrected chi connectivity index (χ1v) is 6.34. The molecule has 1 saturated heterocycles. The van der Waals surface area contributed by atoms with Crippen molar-refractivity contribution in [3.63, 3.8) is 0 Å². The predicted molar refractivity (Wildman–Crippen MR) is 67.9 cm³/mol. The zero-order chi connectivity index (χ0) is 14.0. The largest absolute Gasteiger partial charge is 0.393 e. The van der Waals surface area contributed by atoms with Crippen LogP contribution in [0.1, 0.15) is 30.3 Å². The Bertz CT molecular complexity index is 489. The van der Waals surface area contributed by atoms with Crippen LogP contribution in [0.3, 0.4) is 0 Å². The van der Waals surface area contributed by atoms with Crippen molar-refractivity contribution in [3.05, 3.63) is 28.1 Å². The van der Waals surface area contributed by atoms with Gasteiger partial charge in [-0.2, -0.15) is 0 Å². The molecule has 0 radical (unpaired) electrons. The second kappa shape index (κ2) is 5.40. The monoisotopic (exact) mass is 267 g/mol. The molecule has 1 aromatic heterocycles. The molecule has 7 heteroatoms. The summed E-state index contributed by atoms with van der Waals surface area (Å²) in [5.74, 6) is -0.207. The van der Waals surface area contributed by atoms with Crippen LogP contribution in [0.4, 0.5) is 5.69 Å². The van der Waals surface area contributed by atoms with E-state index in [0.29, 0.717) is 38.2 Å². The Balaban J connectivity index is 2.20. The third-order valence-corrected chi connectivity index (χ3v) is 3.40. The number of hydrogen-bond acceptors (Lipinski definition) is 4. The van der Waals surface area contributed by atoms with Crippen LogP contribution in [-0.4, -0.2) is 44.6 Å². The van der Waals surface area contributed by atoms with Gasteiger partial charge in [-0.1, -0.05) is 0 Å². The number of hydrogen-bond donors (Lipinski definition) is 1. The zero-order valence-electron chi connectivity index (χ0n) is 10.8. The minimum atomic E-state index is -0.497. The number of nitro groups is 1. The average Bonchev–Trinajstić information content (AvgIpc) is 2.83. The van der Waals surface area contributed by atoms with Crippen LogP contribution in [-0.2, 0) is 6.54 Å². The number of piperidine rings is 1. The number of aromatic nitrogens is 1. The van der Waals surface area contributed by atoms with Gasteiger partial charge in [-0.05, 0) is 19.8 Å². The van der Waals surface area contributed by atoms with Gasteiger partial charge in [-0.15, -0.1) is 0 Å². The van der Waals surface area contributed by atoms with E-state index in [4.69, 9.17) is 0 Å².